The number of methoxy groups -OCH3 is 2. The standard InChI is InChI=1S/C21H21NO4S/c1-13(2)27-17-12-8-6-10-15(17)14-9-5-7-11-16(14)22(27)18(20(23)25-3)19(27)21(24)26-4/h5-13H,1-4H3. The van der Waals surface area contributed by atoms with Crippen molar-refractivity contribution in [3.05, 3.63) is 59.1 Å². The predicted octanol–water partition coefficient (Wildman–Crippen LogP) is 4.23. The first-order chi connectivity index (χ1) is 13.0. The van der Waals surface area contributed by atoms with Gasteiger partial charge in [0, 0.05) is 15.7 Å². The Morgan fingerprint density at radius 2 is 1.48 bits per heavy atom. The molecule has 2 heterocycles. The Bertz CT molecular complexity index is 997. The maximum absolute atomic E-state index is 12.8. The molecule has 2 aliphatic rings. The van der Waals surface area contributed by atoms with Crippen LogP contribution in [0.4, 0.5) is 5.69 Å². The molecule has 1 unspecified atom stereocenters. The van der Waals surface area contributed by atoms with Crippen LogP contribution < -0.4 is 4.31 Å². The van der Waals surface area contributed by atoms with E-state index in [4.69, 9.17) is 9.47 Å². The van der Waals surface area contributed by atoms with E-state index in [0.717, 1.165) is 21.7 Å². The number of carbonyl (C=O) groups excluding carboxylic acids is 2. The lowest BCUT2D eigenvalue weighted by Gasteiger charge is -2.63. The molecule has 2 aliphatic heterocycles. The zero-order chi connectivity index (χ0) is 19.3. The lowest BCUT2D eigenvalue weighted by molar-refractivity contribution is -0.139. The first kappa shape index (κ1) is 17.7. The molecular formula is C21H21NO4S. The van der Waals surface area contributed by atoms with E-state index in [1.165, 1.54) is 14.2 Å². The second kappa shape index (κ2) is 6.16. The molecule has 0 bridgehead atoms. The summed E-state index contributed by atoms with van der Waals surface area (Å²) in [6.45, 7) is 4.17. The monoisotopic (exact) mass is 383 g/mol. The number of para-hydroxylation sites is 1. The maximum atomic E-state index is 12.8. The van der Waals surface area contributed by atoms with E-state index < -0.39 is 22.2 Å². The normalized spacial score (nSPS) is 22.0. The Morgan fingerprint density at radius 1 is 0.889 bits per heavy atom. The summed E-state index contributed by atoms with van der Waals surface area (Å²) in [5, 5.41) is 0.0921. The highest BCUT2D eigenvalue weighted by Gasteiger charge is 2.60. The Kier molecular flexibility index (Phi) is 4.03. The van der Waals surface area contributed by atoms with Gasteiger partial charge in [0.25, 0.3) is 0 Å². The molecule has 0 radical (unpaired) electrons. The molecule has 0 aromatic heterocycles. The number of ether oxygens (including phenoxy) is 2. The molecule has 0 spiro atoms. The molecule has 1 atom stereocenters. The summed E-state index contributed by atoms with van der Waals surface area (Å²) < 4.78 is 12.2. The molecule has 2 aromatic carbocycles. The molecule has 0 amide bonds. The summed E-state index contributed by atoms with van der Waals surface area (Å²) in [7, 11) is 0.736. The van der Waals surface area contributed by atoms with Crippen LogP contribution in [-0.4, -0.2) is 31.4 Å². The van der Waals surface area contributed by atoms with Gasteiger partial charge in [-0.2, -0.15) is 0 Å². The van der Waals surface area contributed by atoms with Crippen molar-refractivity contribution in [1.82, 2.24) is 0 Å². The summed E-state index contributed by atoms with van der Waals surface area (Å²) >= 11 is 0. The van der Waals surface area contributed by atoms with E-state index >= 15 is 0 Å². The van der Waals surface area contributed by atoms with Gasteiger partial charge in [0.1, 0.15) is 4.91 Å². The molecule has 2 aromatic rings. The summed E-state index contributed by atoms with van der Waals surface area (Å²) in [4.78, 5) is 27.0. The molecule has 0 saturated carbocycles. The number of hydrogen-bond acceptors (Lipinski definition) is 5. The Labute approximate surface area is 160 Å². The summed E-state index contributed by atoms with van der Waals surface area (Å²) in [6, 6.07) is 16.1. The van der Waals surface area contributed by atoms with Crippen molar-refractivity contribution in [3.63, 3.8) is 0 Å². The molecule has 6 heteroatoms. The fourth-order valence-electron chi connectivity index (χ4n) is 4.05. The van der Waals surface area contributed by atoms with Gasteiger partial charge in [0.15, 0.2) is 5.70 Å². The minimum atomic E-state index is -1.95. The molecule has 0 fully saturated rings. The van der Waals surface area contributed by atoms with Gasteiger partial charge >= 0.3 is 11.9 Å². The molecular weight excluding hydrogens is 362 g/mol. The fourth-order valence-corrected chi connectivity index (χ4v) is 8.45. The summed E-state index contributed by atoms with van der Waals surface area (Å²) in [5.41, 5.74) is 3.35. The highest BCUT2D eigenvalue weighted by Crippen LogP contribution is 2.80. The Hall–Kier alpha value is -2.73. The zero-order valence-corrected chi connectivity index (χ0v) is 16.5. The zero-order valence-electron chi connectivity index (χ0n) is 15.7. The summed E-state index contributed by atoms with van der Waals surface area (Å²) in [5.74, 6) is -0.988. The quantitative estimate of drug-likeness (QED) is 0.743. The van der Waals surface area contributed by atoms with Crippen LogP contribution in [0.2, 0.25) is 0 Å². The number of nitrogens with zero attached hydrogens (tertiary/aromatic N) is 1. The first-order valence-corrected chi connectivity index (χ1v) is 10.4. The van der Waals surface area contributed by atoms with Gasteiger partial charge in [-0.1, -0.05) is 60.5 Å². The van der Waals surface area contributed by atoms with Gasteiger partial charge < -0.3 is 9.47 Å². The topological polar surface area (TPSA) is 55.8 Å². The van der Waals surface area contributed by atoms with Crippen LogP contribution in [0.15, 0.2) is 64.0 Å². The molecule has 4 rings (SSSR count). The molecule has 140 valence electrons. The van der Waals surface area contributed by atoms with Gasteiger partial charge in [0.2, 0.25) is 0 Å². The molecule has 5 nitrogen and oxygen atoms in total. The van der Waals surface area contributed by atoms with Gasteiger partial charge in [-0.05, 0) is 17.7 Å². The minimum absolute atomic E-state index is 0.0921. The van der Waals surface area contributed by atoms with Crippen molar-refractivity contribution in [3.8, 4) is 11.1 Å². The molecule has 27 heavy (non-hydrogen) atoms. The van der Waals surface area contributed by atoms with E-state index in [0.29, 0.717) is 4.91 Å². The van der Waals surface area contributed by atoms with E-state index in [9.17, 15) is 9.59 Å². The number of benzene rings is 2. The van der Waals surface area contributed by atoms with Crippen molar-refractivity contribution in [2.24, 2.45) is 0 Å². The van der Waals surface area contributed by atoms with Crippen molar-refractivity contribution < 1.29 is 19.1 Å². The van der Waals surface area contributed by atoms with Crippen LogP contribution in [0, 0.1) is 0 Å². The second-order valence-corrected chi connectivity index (χ2v) is 10.1. The third-order valence-electron chi connectivity index (χ3n) is 5.08. The summed E-state index contributed by atoms with van der Waals surface area (Å²) in [6.07, 6.45) is 0. The second-order valence-electron chi connectivity index (χ2n) is 6.64. The fraction of sp³-hybridized carbons (Fsp3) is 0.238. The molecule has 0 N–H and O–H groups in total. The highest BCUT2D eigenvalue weighted by molar-refractivity contribution is 8.40. The number of carbonyl (C=O) groups is 2. The molecule has 0 saturated heterocycles. The SMILES string of the molecule is COC(=O)C1=C(C(=O)OC)S2(C(C)C)c3ccccc3-c3ccccc3N12. The molecule has 0 aliphatic carbocycles. The van der Waals surface area contributed by atoms with Crippen LogP contribution in [0.25, 0.3) is 11.1 Å². The lowest BCUT2D eigenvalue weighted by Crippen LogP contribution is -2.50. The van der Waals surface area contributed by atoms with Crippen LogP contribution in [0.3, 0.4) is 0 Å². The van der Waals surface area contributed by atoms with E-state index in [1.54, 1.807) is 0 Å². The van der Waals surface area contributed by atoms with Crippen LogP contribution in [0.1, 0.15) is 13.8 Å². The van der Waals surface area contributed by atoms with E-state index in [1.807, 2.05) is 40.7 Å². The predicted molar refractivity (Wildman–Crippen MR) is 106 cm³/mol. The van der Waals surface area contributed by atoms with Gasteiger partial charge in [0.05, 0.1) is 19.9 Å². The third kappa shape index (κ3) is 2.07. The average molecular weight is 383 g/mol. The third-order valence-corrected chi connectivity index (χ3v) is 9.41. The van der Waals surface area contributed by atoms with Crippen molar-refractivity contribution in [1.29, 1.82) is 0 Å². The maximum Gasteiger partial charge on any atom is 0.357 e. The van der Waals surface area contributed by atoms with Crippen LogP contribution >= 0.6 is 10.2 Å². The van der Waals surface area contributed by atoms with E-state index in [-0.39, 0.29) is 10.9 Å². The smallest absolute Gasteiger partial charge is 0.357 e. The number of anilines is 1. The van der Waals surface area contributed by atoms with E-state index in [2.05, 4.69) is 26.0 Å². The lowest BCUT2D eigenvalue weighted by atomic mass is 10.0. The first-order valence-electron chi connectivity index (χ1n) is 8.72. The minimum Gasteiger partial charge on any atom is -0.465 e. The number of hydrogen-bond donors (Lipinski definition) is 0. The largest absolute Gasteiger partial charge is 0.465 e. The van der Waals surface area contributed by atoms with Crippen molar-refractivity contribution >= 4 is 27.8 Å². The van der Waals surface area contributed by atoms with Crippen molar-refractivity contribution in [2.45, 2.75) is 24.0 Å². The number of rotatable bonds is 3. The van der Waals surface area contributed by atoms with Crippen molar-refractivity contribution in [2.75, 3.05) is 18.5 Å². The van der Waals surface area contributed by atoms with Gasteiger partial charge in [-0.3, -0.25) is 4.31 Å². The Morgan fingerprint density at radius 3 is 2.11 bits per heavy atom. The van der Waals surface area contributed by atoms with Crippen LogP contribution in [-0.2, 0) is 19.1 Å². The number of esters is 2. The average Bonchev–Trinajstić information content (AvgIpc) is 2.67. The number of fused-ring (bicyclic) bond motifs is 6. The van der Waals surface area contributed by atoms with Gasteiger partial charge in [-0.25, -0.2) is 9.59 Å². The van der Waals surface area contributed by atoms with Gasteiger partial charge in [-0.15, -0.1) is 0 Å². The van der Waals surface area contributed by atoms with Crippen LogP contribution in [0.5, 0.6) is 0 Å². The Balaban J connectivity index is 2.15. The highest BCUT2D eigenvalue weighted by atomic mass is 32.3.